The molecule has 4 heterocycles. The van der Waals surface area contributed by atoms with Crippen molar-refractivity contribution in [1.29, 1.82) is 0 Å². The number of hydrogen-bond acceptors (Lipinski definition) is 1. The van der Waals surface area contributed by atoms with Crippen molar-refractivity contribution in [3.05, 3.63) is 374 Å². The lowest BCUT2D eigenvalue weighted by atomic mass is 10.0. The summed E-state index contributed by atoms with van der Waals surface area (Å²) >= 11 is 0. The van der Waals surface area contributed by atoms with Gasteiger partial charge in [-0.05, 0) is 170 Å². The lowest BCUT2D eigenvalue weighted by molar-refractivity contribution is 1.15. The molecule has 0 bridgehead atoms. The van der Waals surface area contributed by atoms with E-state index in [1.807, 2.05) is 0 Å². The average Bonchev–Trinajstić information content (AvgIpc) is 1.58. The number of benzene rings is 14. The molecule has 17 aromatic rings. The minimum absolute atomic E-state index is 0.773. The van der Waals surface area contributed by atoms with E-state index in [9.17, 15) is 0 Å². The first-order valence-electron chi connectivity index (χ1n) is 32.1. The number of aliphatic imine (C=N–C) groups is 1. The molecule has 0 unspecified atom stereocenters. The molecule has 4 heteroatoms. The Bertz CT molecular complexity index is 5730. The molecule has 94 heavy (non-hydrogen) atoms. The lowest BCUT2D eigenvalue weighted by Crippen LogP contribution is -1.99. The number of hydrogen-bond donors (Lipinski definition) is 0. The molecule has 0 fully saturated rings. The fourth-order valence-electron chi connectivity index (χ4n) is 14.2. The largest absolute Gasteiger partial charge is 0.309 e. The summed E-state index contributed by atoms with van der Waals surface area (Å²) < 4.78 is 7.34. The first-order chi connectivity index (χ1) is 46.6. The van der Waals surface area contributed by atoms with Crippen LogP contribution < -0.4 is 0 Å². The summed E-state index contributed by atoms with van der Waals surface area (Å²) in [5, 5.41) is 7.21. The standard InChI is InChI=1S/C90H58N4/c1-7-19-60(20-8-1)68-37-49-85-79(53-68)80-54-69(61-21-9-2-10-22-61)38-50-86(80)92(85)74-41-31-65(32-42-74)73-35-46-77-78-47-45-76(94-87-51-39-70(62-23-11-3-12-24-62)55-81(87)82-56-71(40-52-88(82)94)63-25-13-4-14-26-63)59-90(78)93(89(77)58-73)75-43-33-67(34-44-75)83-48-36-72(64-27-15-5-16-28-64)57-84(91-83)66-29-17-6-18-30-66/h1-47,49-59H. The molecule has 3 aromatic heterocycles. The summed E-state index contributed by atoms with van der Waals surface area (Å²) in [7, 11) is 0. The van der Waals surface area contributed by atoms with E-state index in [1.165, 1.54) is 87.9 Å². The van der Waals surface area contributed by atoms with Crippen molar-refractivity contribution in [3.8, 4) is 72.7 Å². The topological polar surface area (TPSA) is 27.1 Å². The van der Waals surface area contributed by atoms with Crippen LogP contribution in [0.5, 0.6) is 0 Å². The maximum Gasteiger partial charge on any atom is 0.113 e. The summed E-state index contributed by atoms with van der Waals surface area (Å²) in [5.41, 5.74) is 31.4. The molecule has 1 aliphatic rings. The Labute approximate surface area is 544 Å². The maximum atomic E-state index is 5.35. The molecule has 18 rings (SSSR count). The Hall–Kier alpha value is -12.6. The second kappa shape index (κ2) is 22.7. The van der Waals surface area contributed by atoms with Crippen molar-refractivity contribution in [2.75, 3.05) is 0 Å². The second-order valence-electron chi connectivity index (χ2n) is 24.4. The molecular weight excluding hydrogens is 1140 g/mol. The molecule has 4 nitrogen and oxygen atoms in total. The van der Waals surface area contributed by atoms with E-state index in [-0.39, 0.29) is 0 Å². The minimum atomic E-state index is 0.773. The van der Waals surface area contributed by atoms with E-state index >= 15 is 0 Å². The third-order valence-electron chi connectivity index (χ3n) is 18.9. The molecule has 0 amide bonds. The molecule has 0 atom stereocenters. The fourth-order valence-corrected chi connectivity index (χ4v) is 14.2. The van der Waals surface area contributed by atoms with Crippen molar-refractivity contribution in [2.45, 2.75) is 0 Å². The second-order valence-corrected chi connectivity index (χ2v) is 24.4. The Morgan fingerprint density at radius 2 is 0.521 bits per heavy atom. The third-order valence-corrected chi connectivity index (χ3v) is 18.9. The zero-order chi connectivity index (χ0) is 62.1. The molecule has 0 N–H and O–H groups in total. The summed E-state index contributed by atoms with van der Waals surface area (Å²) in [4.78, 5) is 5.35. The highest BCUT2D eigenvalue weighted by atomic mass is 15.0. The van der Waals surface area contributed by atoms with Gasteiger partial charge in [-0.1, -0.05) is 254 Å². The number of rotatable bonds is 11. The molecular formula is C90H58N4. The van der Waals surface area contributed by atoms with Gasteiger partial charge in [0, 0.05) is 60.5 Å². The van der Waals surface area contributed by atoms with Crippen LogP contribution in [0.4, 0.5) is 0 Å². The van der Waals surface area contributed by atoms with Gasteiger partial charge in [0.2, 0.25) is 0 Å². The highest BCUT2D eigenvalue weighted by Crippen LogP contribution is 2.43. The fraction of sp³-hybridized carbons (Fsp3) is 0. The molecule has 14 aromatic carbocycles. The monoisotopic (exact) mass is 1190 g/mol. The van der Waals surface area contributed by atoms with E-state index in [2.05, 4.69) is 371 Å². The number of nitrogens with zero attached hydrogens (tertiary/aromatic N) is 4. The van der Waals surface area contributed by atoms with Crippen LogP contribution in [-0.2, 0) is 0 Å². The van der Waals surface area contributed by atoms with Gasteiger partial charge < -0.3 is 13.7 Å². The Balaban J connectivity index is 0.795. The SMILES string of the molecule is C1=CC(c2ccccc2)=CC(c2ccccc2)=NC=1c1ccc(-n2c3cc(-c4ccc(-n5c6ccc(-c7ccccc7)cc6c6cc(-c7ccccc7)ccc65)cc4)ccc3c3ccc(-n4c5ccc(-c6ccccc6)cc5c5cc(-c6ccccc6)ccc54)cc32)cc1. The number of fused-ring (bicyclic) bond motifs is 9. The molecule has 0 aliphatic carbocycles. The average molecular weight is 1200 g/mol. The predicted octanol–water partition coefficient (Wildman–Crippen LogP) is 23.4. The van der Waals surface area contributed by atoms with Crippen molar-refractivity contribution < 1.29 is 0 Å². The smallest absolute Gasteiger partial charge is 0.113 e. The van der Waals surface area contributed by atoms with Crippen molar-refractivity contribution in [2.24, 2.45) is 4.99 Å². The van der Waals surface area contributed by atoms with Crippen molar-refractivity contribution >= 4 is 82.4 Å². The highest BCUT2D eigenvalue weighted by Gasteiger charge is 2.21. The van der Waals surface area contributed by atoms with Crippen LogP contribution in [0.3, 0.4) is 0 Å². The predicted molar refractivity (Wildman–Crippen MR) is 396 cm³/mol. The van der Waals surface area contributed by atoms with E-state index in [0.29, 0.717) is 0 Å². The van der Waals surface area contributed by atoms with Gasteiger partial charge in [0.1, 0.15) is 5.70 Å². The Kier molecular flexibility index (Phi) is 13.1. The van der Waals surface area contributed by atoms with Crippen LogP contribution in [-0.4, -0.2) is 19.4 Å². The van der Waals surface area contributed by atoms with Crippen molar-refractivity contribution in [3.63, 3.8) is 0 Å². The number of allylic oxidation sites excluding steroid dienone is 3. The quantitative estimate of drug-likeness (QED) is 0.115. The summed E-state index contributed by atoms with van der Waals surface area (Å²) in [6, 6.07) is 124. The van der Waals surface area contributed by atoms with Gasteiger partial charge in [0.15, 0.2) is 0 Å². The molecule has 0 radical (unpaired) electrons. The highest BCUT2D eigenvalue weighted by molar-refractivity contribution is 6.17. The number of aromatic nitrogens is 3. The van der Waals surface area contributed by atoms with E-state index in [0.717, 1.165) is 83.9 Å². The molecule has 0 saturated carbocycles. The normalized spacial score (nSPS) is 12.4. The summed E-state index contributed by atoms with van der Waals surface area (Å²) in [6.07, 6.45) is 4.25. The molecule has 0 spiro atoms. The van der Waals surface area contributed by atoms with Crippen LogP contribution in [0.25, 0.3) is 149 Å². The Morgan fingerprint density at radius 3 is 0.957 bits per heavy atom. The van der Waals surface area contributed by atoms with Gasteiger partial charge in [-0.25, -0.2) is 4.99 Å². The van der Waals surface area contributed by atoms with Gasteiger partial charge in [-0.3, -0.25) is 0 Å². The third kappa shape index (κ3) is 9.52. The maximum absolute atomic E-state index is 5.35. The molecule has 0 saturated heterocycles. The van der Waals surface area contributed by atoms with Gasteiger partial charge in [0.05, 0.1) is 38.8 Å². The lowest BCUT2D eigenvalue weighted by Gasteiger charge is -2.13. The van der Waals surface area contributed by atoms with Crippen LogP contribution in [0, 0.1) is 0 Å². The van der Waals surface area contributed by atoms with Crippen LogP contribution in [0.15, 0.2) is 363 Å². The van der Waals surface area contributed by atoms with Gasteiger partial charge in [-0.15, -0.1) is 0 Å². The Morgan fingerprint density at radius 1 is 0.213 bits per heavy atom. The van der Waals surface area contributed by atoms with Crippen LogP contribution in [0.2, 0.25) is 0 Å². The van der Waals surface area contributed by atoms with Crippen molar-refractivity contribution in [1.82, 2.24) is 13.7 Å². The first kappa shape index (κ1) is 54.4. The first-order valence-corrected chi connectivity index (χ1v) is 32.1. The van der Waals surface area contributed by atoms with Gasteiger partial charge in [-0.2, -0.15) is 0 Å². The van der Waals surface area contributed by atoms with E-state index < -0.39 is 0 Å². The van der Waals surface area contributed by atoms with Gasteiger partial charge in [0.25, 0.3) is 0 Å². The van der Waals surface area contributed by atoms with Gasteiger partial charge >= 0.3 is 0 Å². The van der Waals surface area contributed by atoms with E-state index in [1.54, 1.807) is 0 Å². The zero-order valence-corrected chi connectivity index (χ0v) is 51.3. The molecule has 438 valence electrons. The van der Waals surface area contributed by atoms with Crippen LogP contribution in [0.1, 0.15) is 16.7 Å². The summed E-state index contributed by atoms with van der Waals surface area (Å²) in [5.74, 6) is 0. The minimum Gasteiger partial charge on any atom is -0.309 e. The zero-order valence-electron chi connectivity index (χ0n) is 51.3. The summed E-state index contributed by atoms with van der Waals surface area (Å²) in [6.45, 7) is 0. The molecule has 1 aliphatic heterocycles. The van der Waals surface area contributed by atoms with E-state index in [4.69, 9.17) is 4.99 Å². The van der Waals surface area contributed by atoms with Crippen LogP contribution >= 0.6 is 0 Å².